The number of aromatic nitrogens is 2. The summed E-state index contributed by atoms with van der Waals surface area (Å²) < 4.78 is 41.9. The fourth-order valence-corrected chi connectivity index (χ4v) is 3.78. The number of H-pyrrole nitrogens is 1. The second-order valence-electron chi connectivity index (χ2n) is 5.41. The third-order valence-corrected chi connectivity index (χ3v) is 5.34. The van der Waals surface area contributed by atoms with Crippen molar-refractivity contribution in [1.29, 1.82) is 5.26 Å². The monoisotopic (exact) mass is 394 g/mol. The molecule has 0 bridgehead atoms. The molecule has 0 saturated heterocycles. The van der Waals surface area contributed by atoms with Gasteiger partial charge in [0.15, 0.2) is 0 Å². The van der Waals surface area contributed by atoms with Crippen molar-refractivity contribution in [3.63, 3.8) is 0 Å². The van der Waals surface area contributed by atoms with Gasteiger partial charge >= 0.3 is 0 Å². The lowest BCUT2D eigenvalue weighted by molar-refractivity contribution is 0.599. The van der Waals surface area contributed by atoms with Gasteiger partial charge < -0.3 is 0 Å². The number of hydrogen-bond acceptors (Lipinski definition) is 4. The topological polar surface area (TPSA) is 108 Å². The van der Waals surface area contributed by atoms with E-state index >= 15 is 0 Å². The van der Waals surface area contributed by atoms with Crippen LogP contribution in [0.15, 0.2) is 46.1 Å². The lowest BCUT2D eigenvalue weighted by Gasteiger charge is -2.09. The molecular formula is C16H12ClFN4O3S. The molecule has 10 heteroatoms. The first-order valence-electron chi connectivity index (χ1n) is 7.39. The van der Waals surface area contributed by atoms with Crippen LogP contribution < -0.4 is 10.3 Å². The number of nitrogens with one attached hydrogen (secondary N) is 2. The quantitative estimate of drug-likeness (QED) is 0.693. The number of halogens is 2. The molecule has 0 fully saturated rings. The van der Waals surface area contributed by atoms with Crippen molar-refractivity contribution >= 4 is 38.2 Å². The first kappa shape index (κ1) is 18.0. The predicted molar refractivity (Wildman–Crippen MR) is 95.0 cm³/mol. The van der Waals surface area contributed by atoms with Gasteiger partial charge in [-0.1, -0.05) is 11.6 Å². The highest BCUT2D eigenvalue weighted by Crippen LogP contribution is 2.23. The highest BCUT2D eigenvalue weighted by atomic mass is 35.5. The Bertz CT molecular complexity index is 1190. The number of rotatable bonds is 5. The average molecular weight is 395 g/mol. The van der Waals surface area contributed by atoms with Crippen LogP contribution in [0, 0.1) is 17.1 Å². The van der Waals surface area contributed by atoms with Gasteiger partial charge in [-0.25, -0.2) is 12.8 Å². The smallest absolute Gasteiger partial charge is 0.272 e. The minimum absolute atomic E-state index is 0.168. The number of nitriles is 1. The molecule has 3 rings (SSSR count). The Kier molecular flexibility index (Phi) is 4.71. The molecule has 26 heavy (non-hydrogen) atoms. The Hall–Kier alpha value is -2.83. The van der Waals surface area contributed by atoms with Crippen molar-refractivity contribution in [1.82, 2.24) is 9.78 Å². The van der Waals surface area contributed by atoms with Gasteiger partial charge in [0, 0.05) is 5.69 Å². The van der Waals surface area contributed by atoms with Crippen molar-refractivity contribution in [3.8, 4) is 6.07 Å². The van der Waals surface area contributed by atoms with Gasteiger partial charge in [0.05, 0.1) is 39.9 Å². The van der Waals surface area contributed by atoms with Crippen molar-refractivity contribution in [2.45, 2.75) is 17.9 Å². The second-order valence-corrected chi connectivity index (χ2v) is 7.50. The van der Waals surface area contributed by atoms with Crippen LogP contribution in [0.25, 0.3) is 10.9 Å². The number of aryl methyl sites for hydroxylation is 1. The van der Waals surface area contributed by atoms with Crippen molar-refractivity contribution in [2.75, 3.05) is 4.72 Å². The van der Waals surface area contributed by atoms with Crippen LogP contribution in [-0.2, 0) is 16.6 Å². The molecule has 0 aliphatic heterocycles. The summed E-state index contributed by atoms with van der Waals surface area (Å²) in [6.45, 7) is 0.314. The van der Waals surface area contributed by atoms with E-state index in [1.807, 2.05) is 6.07 Å². The highest BCUT2D eigenvalue weighted by Gasteiger charge is 2.17. The molecule has 0 amide bonds. The van der Waals surface area contributed by atoms with Gasteiger partial charge in [0.2, 0.25) is 0 Å². The Labute approximate surface area is 152 Å². The summed E-state index contributed by atoms with van der Waals surface area (Å²) in [5.74, 6) is -0.725. The molecule has 0 spiro atoms. The van der Waals surface area contributed by atoms with Gasteiger partial charge in [-0.2, -0.15) is 5.26 Å². The molecule has 134 valence electrons. The summed E-state index contributed by atoms with van der Waals surface area (Å²) in [6.07, 6.45) is 0.222. The van der Waals surface area contributed by atoms with Crippen LogP contribution in [0.3, 0.4) is 0 Å². The second kappa shape index (κ2) is 6.82. The molecule has 1 aromatic heterocycles. The van der Waals surface area contributed by atoms with E-state index in [1.54, 1.807) is 6.07 Å². The molecular weight excluding hydrogens is 383 g/mol. The number of sulfonamides is 1. The highest BCUT2D eigenvalue weighted by molar-refractivity contribution is 7.92. The van der Waals surface area contributed by atoms with Crippen LogP contribution in [-0.4, -0.2) is 18.2 Å². The fourth-order valence-electron chi connectivity index (χ4n) is 2.46. The Morgan fingerprint density at radius 2 is 2.04 bits per heavy atom. The molecule has 1 heterocycles. The third-order valence-electron chi connectivity index (χ3n) is 3.67. The van der Waals surface area contributed by atoms with Crippen molar-refractivity contribution in [2.24, 2.45) is 0 Å². The maximum atomic E-state index is 13.2. The number of fused-ring (bicyclic) bond motifs is 1. The molecule has 3 aromatic rings. The van der Waals surface area contributed by atoms with Gasteiger partial charge in [-0.05, 0) is 36.4 Å². The van der Waals surface area contributed by atoms with Crippen molar-refractivity contribution in [3.05, 3.63) is 57.6 Å². The zero-order chi connectivity index (χ0) is 18.9. The summed E-state index contributed by atoms with van der Waals surface area (Å²) in [4.78, 5) is 11.8. The van der Waals surface area contributed by atoms with E-state index in [9.17, 15) is 17.6 Å². The zero-order valence-electron chi connectivity index (χ0n) is 13.2. The maximum absolute atomic E-state index is 13.2. The molecule has 0 aliphatic carbocycles. The van der Waals surface area contributed by atoms with E-state index in [0.29, 0.717) is 12.1 Å². The van der Waals surface area contributed by atoms with Crippen LogP contribution in [0.4, 0.5) is 10.1 Å². The molecule has 0 aliphatic rings. The normalized spacial score (nSPS) is 11.4. The van der Waals surface area contributed by atoms with E-state index in [-0.39, 0.29) is 27.4 Å². The maximum Gasteiger partial charge on any atom is 0.272 e. The largest absolute Gasteiger partial charge is 0.283 e. The van der Waals surface area contributed by atoms with E-state index < -0.39 is 21.4 Å². The first-order chi connectivity index (χ1) is 12.3. The van der Waals surface area contributed by atoms with Crippen LogP contribution in [0.1, 0.15) is 6.42 Å². The summed E-state index contributed by atoms with van der Waals surface area (Å²) in [7, 11) is -4.00. The van der Waals surface area contributed by atoms with Gasteiger partial charge in [0.1, 0.15) is 5.82 Å². The Morgan fingerprint density at radius 1 is 1.27 bits per heavy atom. The molecule has 0 saturated carbocycles. The number of anilines is 1. The summed E-state index contributed by atoms with van der Waals surface area (Å²) in [5.41, 5.74) is 0.323. The first-order valence-corrected chi connectivity index (χ1v) is 9.25. The third kappa shape index (κ3) is 3.42. The molecule has 0 radical (unpaired) electrons. The van der Waals surface area contributed by atoms with Crippen LogP contribution >= 0.6 is 11.6 Å². The Balaban J connectivity index is 1.96. The minimum atomic E-state index is -4.00. The average Bonchev–Trinajstić information content (AvgIpc) is 2.90. The number of nitrogens with zero attached hydrogens (tertiary/aromatic N) is 2. The molecule has 2 N–H and O–H groups in total. The predicted octanol–water partition coefficient (Wildman–Crippen LogP) is 2.84. The summed E-state index contributed by atoms with van der Waals surface area (Å²) in [5, 5.41) is 11.2. The summed E-state index contributed by atoms with van der Waals surface area (Å²) in [6, 6.07) is 9.48. The van der Waals surface area contributed by atoms with E-state index in [2.05, 4.69) is 9.82 Å². The number of aromatic amines is 1. The number of hydrogen-bond donors (Lipinski definition) is 2. The van der Waals surface area contributed by atoms with E-state index in [4.69, 9.17) is 16.9 Å². The standard InChI is InChI=1S/C16H12ClFN4O3S/c17-13-9-11(3-4-14(13)18)26(24,25)21-10-2-5-15-12(8-10)16(23)20-22(15)7-1-6-19/h2-5,8-9,21H,1,7H2,(H,20,23). The lowest BCUT2D eigenvalue weighted by Crippen LogP contribution is -2.13. The minimum Gasteiger partial charge on any atom is -0.283 e. The van der Waals surface area contributed by atoms with Crippen molar-refractivity contribution < 1.29 is 12.8 Å². The summed E-state index contributed by atoms with van der Waals surface area (Å²) >= 11 is 5.63. The van der Waals surface area contributed by atoms with E-state index in [1.165, 1.54) is 16.8 Å². The molecule has 0 unspecified atom stereocenters. The SMILES string of the molecule is N#CCCn1[nH]c(=O)c2cc(NS(=O)(=O)c3ccc(F)c(Cl)c3)ccc21. The zero-order valence-corrected chi connectivity index (χ0v) is 14.7. The van der Waals surface area contributed by atoms with Gasteiger partial charge in [-0.3, -0.25) is 19.3 Å². The fraction of sp³-hybridized carbons (Fsp3) is 0.125. The molecule has 7 nitrogen and oxygen atoms in total. The van der Waals surface area contributed by atoms with Gasteiger partial charge in [-0.15, -0.1) is 0 Å². The van der Waals surface area contributed by atoms with Crippen LogP contribution in [0.2, 0.25) is 5.02 Å². The van der Waals surface area contributed by atoms with Crippen LogP contribution in [0.5, 0.6) is 0 Å². The Morgan fingerprint density at radius 3 is 2.73 bits per heavy atom. The van der Waals surface area contributed by atoms with Gasteiger partial charge in [0.25, 0.3) is 15.6 Å². The molecule has 2 aromatic carbocycles. The van der Waals surface area contributed by atoms with E-state index in [0.717, 1.165) is 18.2 Å². The molecule has 0 atom stereocenters. The number of benzene rings is 2. The lowest BCUT2D eigenvalue weighted by atomic mass is 10.2.